The van der Waals surface area contributed by atoms with Crippen molar-refractivity contribution in [2.75, 3.05) is 11.9 Å². The van der Waals surface area contributed by atoms with Crippen molar-refractivity contribution in [2.45, 2.75) is 46.2 Å². The van der Waals surface area contributed by atoms with Gasteiger partial charge in [0.25, 0.3) is 0 Å². The number of amides is 2. The lowest BCUT2D eigenvalue weighted by atomic mass is 9.93. The minimum atomic E-state index is -0.0618. The van der Waals surface area contributed by atoms with E-state index < -0.39 is 0 Å². The smallest absolute Gasteiger partial charge is 0.226 e. The van der Waals surface area contributed by atoms with E-state index in [0.29, 0.717) is 13.0 Å². The van der Waals surface area contributed by atoms with Crippen LogP contribution in [0.25, 0.3) is 0 Å². The van der Waals surface area contributed by atoms with Gasteiger partial charge in [0, 0.05) is 42.7 Å². The molecule has 0 unspecified atom stereocenters. The molecule has 30 heavy (non-hydrogen) atoms. The second-order valence-electron chi connectivity index (χ2n) is 7.73. The fourth-order valence-corrected chi connectivity index (χ4v) is 5.00. The summed E-state index contributed by atoms with van der Waals surface area (Å²) in [6.07, 6.45) is 1.27. The number of hydrogen-bond acceptors (Lipinski definition) is 4. The van der Waals surface area contributed by atoms with Gasteiger partial charge >= 0.3 is 0 Å². The molecular formula is C23H26N4O2S. The van der Waals surface area contributed by atoms with Gasteiger partial charge in [0.2, 0.25) is 11.8 Å². The van der Waals surface area contributed by atoms with E-state index >= 15 is 0 Å². The van der Waals surface area contributed by atoms with Crippen molar-refractivity contribution in [1.29, 1.82) is 0 Å². The number of rotatable bonds is 5. The zero-order valence-electron chi connectivity index (χ0n) is 17.5. The summed E-state index contributed by atoms with van der Waals surface area (Å²) >= 11 is 1.75. The summed E-state index contributed by atoms with van der Waals surface area (Å²) in [6.45, 7) is 6.86. The fraction of sp³-hybridized carbons (Fsp3) is 0.348. The number of thiophene rings is 1. The van der Waals surface area contributed by atoms with Crippen LogP contribution in [-0.2, 0) is 22.6 Å². The van der Waals surface area contributed by atoms with Crippen LogP contribution in [0.3, 0.4) is 0 Å². The third kappa shape index (κ3) is 4.16. The summed E-state index contributed by atoms with van der Waals surface area (Å²) < 4.78 is 1.86. The Morgan fingerprint density at radius 2 is 1.97 bits per heavy atom. The molecule has 0 fully saturated rings. The SMILES string of the molecule is CC(=O)N1CCc2sccc2[C@@H]1c1ccc(NC(=O)CCn2nc(C)cc2C)cc1. The van der Waals surface area contributed by atoms with Crippen molar-refractivity contribution in [3.63, 3.8) is 0 Å². The third-order valence-corrected chi connectivity index (χ3v) is 6.53. The van der Waals surface area contributed by atoms with Crippen molar-refractivity contribution < 1.29 is 9.59 Å². The second kappa shape index (κ2) is 8.44. The van der Waals surface area contributed by atoms with Crippen LogP contribution >= 0.6 is 11.3 Å². The molecule has 1 aliphatic rings. The van der Waals surface area contributed by atoms with Gasteiger partial charge in [-0.2, -0.15) is 5.10 Å². The maximum atomic E-state index is 12.4. The number of benzene rings is 1. The molecule has 1 atom stereocenters. The van der Waals surface area contributed by atoms with Crippen LogP contribution in [0.1, 0.15) is 46.8 Å². The van der Waals surface area contributed by atoms with Crippen LogP contribution in [0.4, 0.5) is 5.69 Å². The Morgan fingerprint density at radius 1 is 1.20 bits per heavy atom. The summed E-state index contributed by atoms with van der Waals surface area (Å²) in [5.41, 5.74) is 5.04. The number of carbonyl (C=O) groups is 2. The number of hydrogen-bond donors (Lipinski definition) is 1. The molecule has 0 saturated heterocycles. The van der Waals surface area contributed by atoms with Gasteiger partial charge < -0.3 is 10.2 Å². The molecule has 3 heterocycles. The number of fused-ring (bicyclic) bond motifs is 1. The summed E-state index contributed by atoms with van der Waals surface area (Å²) in [6, 6.07) is 11.9. The van der Waals surface area contributed by atoms with Crippen molar-refractivity contribution in [3.05, 3.63) is 69.2 Å². The average Bonchev–Trinajstić information content (AvgIpc) is 3.31. The van der Waals surface area contributed by atoms with Crippen molar-refractivity contribution in [2.24, 2.45) is 0 Å². The molecule has 2 aromatic heterocycles. The van der Waals surface area contributed by atoms with Gasteiger partial charge in [-0.3, -0.25) is 14.3 Å². The highest BCUT2D eigenvalue weighted by Gasteiger charge is 2.31. The normalized spacial score (nSPS) is 15.7. The van der Waals surface area contributed by atoms with E-state index in [9.17, 15) is 9.59 Å². The van der Waals surface area contributed by atoms with E-state index in [4.69, 9.17) is 0 Å². The summed E-state index contributed by atoms with van der Waals surface area (Å²) in [5, 5.41) is 9.45. The Morgan fingerprint density at radius 3 is 2.63 bits per heavy atom. The van der Waals surface area contributed by atoms with Gasteiger partial charge in [0.15, 0.2) is 0 Å². The zero-order valence-corrected chi connectivity index (χ0v) is 18.3. The maximum absolute atomic E-state index is 12.4. The standard InChI is InChI=1S/C23H26N4O2S/c1-15-14-16(2)27(25-15)12-9-22(29)24-19-6-4-18(5-7-19)23-20-10-13-30-21(20)8-11-26(23)17(3)28/h4-7,10,13-14,23H,8-9,11-12H2,1-3H3,(H,24,29)/t23-/m0/s1. The predicted molar refractivity (Wildman–Crippen MR) is 119 cm³/mol. The maximum Gasteiger partial charge on any atom is 0.226 e. The predicted octanol–water partition coefficient (Wildman–Crippen LogP) is 4.08. The summed E-state index contributed by atoms with van der Waals surface area (Å²) in [7, 11) is 0. The number of anilines is 1. The molecule has 0 radical (unpaired) electrons. The minimum Gasteiger partial charge on any atom is -0.331 e. The van der Waals surface area contributed by atoms with Crippen LogP contribution in [0.2, 0.25) is 0 Å². The number of nitrogens with one attached hydrogen (secondary N) is 1. The molecule has 4 rings (SSSR count). The van der Waals surface area contributed by atoms with Gasteiger partial charge in [-0.25, -0.2) is 0 Å². The lowest BCUT2D eigenvalue weighted by Crippen LogP contribution is -2.38. The number of aromatic nitrogens is 2. The Balaban J connectivity index is 1.44. The molecule has 0 aliphatic carbocycles. The van der Waals surface area contributed by atoms with Crippen LogP contribution in [0.15, 0.2) is 41.8 Å². The Hall–Kier alpha value is -2.93. The Bertz CT molecular complexity index is 1070. The van der Waals surface area contributed by atoms with E-state index in [1.54, 1.807) is 18.3 Å². The molecule has 0 saturated carbocycles. The van der Waals surface area contributed by atoms with Gasteiger partial charge in [-0.05, 0) is 61.0 Å². The molecule has 0 bridgehead atoms. The molecule has 0 spiro atoms. The second-order valence-corrected chi connectivity index (χ2v) is 8.74. The number of aryl methyl sites for hydroxylation is 3. The molecule has 1 N–H and O–H groups in total. The highest BCUT2D eigenvalue weighted by atomic mass is 32.1. The molecule has 2 amide bonds. The van der Waals surface area contributed by atoms with E-state index in [0.717, 1.165) is 35.6 Å². The van der Waals surface area contributed by atoms with Gasteiger partial charge in [0.05, 0.1) is 11.7 Å². The first-order chi connectivity index (χ1) is 14.4. The third-order valence-electron chi connectivity index (χ3n) is 5.53. The fourth-order valence-electron chi connectivity index (χ4n) is 4.10. The number of nitrogens with zero attached hydrogens (tertiary/aromatic N) is 3. The highest BCUT2D eigenvalue weighted by Crippen LogP contribution is 2.38. The van der Waals surface area contributed by atoms with Gasteiger partial charge in [0.1, 0.15) is 0 Å². The lowest BCUT2D eigenvalue weighted by Gasteiger charge is -2.35. The average molecular weight is 423 g/mol. The van der Waals surface area contributed by atoms with Crippen molar-refractivity contribution in [3.8, 4) is 0 Å². The van der Waals surface area contributed by atoms with Crippen molar-refractivity contribution in [1.82, 2.24) is 14.7 Å². The molecule has 156 valence electrons. The Labute approximate surface area is 180 Å². The highest BCUT2D eigenvalue weighted by molar-refractivity contribution is 7.10. The van der Waals surface area contributed by atoms with E-state index in [1.165, 1.54) is 10.4 Å². The van der Waals surface area contributed by atoms with Gasteiger partial charge in [-0.15, -0.1) is 11.3 Å². The first kappa shape index (κ1) is 20.3. The monoisotopic (exact) mass is 422 g/mol. The van der Waals surface area contributed by atoms with Crippen LogP contribution in [-0.4, -0.2) is 33.0 Å². The van der Waals surface area contributed by atoms with Crippen molar-refractivity contribution >= 4 is 28.8 Å². The van der Waals surface area contributed by atoms with Crippen LogP contribution in [0, 0.1) is 13.8 Å². The van der Waals surface area contributed by atoms with Crippen LogP contribution < -0.4 is 5.32 Å². The van der Waals surface area contributed by atoms with E-state index in [2.05, 4.69) is 21.9 Å². The lowest BCUT2D eigenvalue weighted by molar-refractivity contribution is -0.130. The largest absolute Gasteiger partial charge is 0.331 e. The van der Waals surface area contributed by atoms with Gasteiger partial charge in [-0.1, -0.05) is 12.1 Å². The summed E-state index contributed by atoms with van der Waals surface area (Å²) in [5.74, 6) is 0.0387. The molecule has 1 aromatic carbocycles. The molecular weight excluding hydrogens is 396 g/mol. The zero-order chi connectivity index (χ0) is 21.3. The van der Waals surface area contributed by atoms with Crippen LogP contribution in [0.5, 0.6) is 0 Å². The first-order valence-corrected chi connectivity index (χ1v) is 11.0. The van der Waals surface area contributed by atoms with E-state index in [-0.39, 0.29) is 17.9 Å². The minimum absolute atomic E-state index is 0.0431. The molecule has 6 nitrogen and oxygen atoms in total. The molecule has 1 aliphatic heterocycles. The topological polar surface area (TPSA) is 67.2 Å². The first-order valence-electron chi connectivity index (χ1n) is 10.2. The molecule has 3 aromatic rings. The number of carbonyl (C=O) groups excluding carboxylic acids is 2. The Kier molecular flexibility index (Phi) is 5.72. The van der Waals surface area contributed by atoms with E-state index in [1.807, 2.05) is 53.8 Å². The summed E-state index contributed by atoms with van der Waals surface area (Å²) in [4.78, 5) is 27.8. The molecule has 7 heteroatoms. The quantitative estimate of drug-likeness (QED) is 0.674.